The topological polar surface area (TPSA) is 66.2 Å². The highest BCUT2D eigenvalue weighted by Crippen LogP contribution is 2.11. The van der Waals surface area contributed by atoms with E-state index >= 15 is 0 Å². The van der Waals surface area contributed by atoms with Crippen LogP contribution >= 0.6 is 11.6 Å². The maximum absolute atomic E-state index is 11.6. The molecular formula is C10H16ClN3O3. The third-order valence-electron chi connectivity index (χ3n) is 2.27. The minimum absolute atomic E-state index is 0.0336. The van der Waals surface area contributed by atoms with Gasteiger partial charge in [0.15, 0.2) is 5.69 Å². The van der Waals surface area contributed by atoms with Gasteiger partial charge in [0.05, 0.1) is 30.8 Å². The smallest absolute Gasteiger partial charge is 0.360 e. The Morgan fingerprint density at radius 1 is 1.59 bits per heavy atom. The van der Waals surface area contributed by atoms with Crippen molar-refractivity contribution in [2.45, 2.75) is 32.4 Å². The fourth-order valence-electron chi connectivity index (χ4n) is 1.29. The van der Waals surface area contributed by atoms with E-state index in [1.54, 1.807) is 18.7 Å². The summed E-state index contributed by atoms with van der Waals surface area (Å²) in [5.74, 6) is -0.350. The van der Waals surface area contributed by atoms with Gasteiger partial charge in [-0.2, -0.15) is 0 Å². The maximum atomic E-state index is 11.6. The Morgan fingerprint density at radius 3 is 2.82 bits per heavy atom. The molecule has 6 nitrogen and oxygen atoms in total. The van der Waals surface area contributed by atoms with Crippen LogP contribution in [0.5, 0.6) is 0 Å². The second-order valence-electron chi connectivity index (χ2n) is 3.47. The molecular weight excluding hydrogens is 246 g/mol. The Hall–Kier alpha value is -1.14. The molecule has 0 aliphatic carbocycles. The van der Waals surface area contributed by atoms with Crippen molar-refractivity contribution in [2.75, 3.05) is 13.7 Å². The SMILES string of the molecule is CCOC(=O)c1nnn(CC(C)OC)c1CCl. The number of nitrogens with zero attached hydrogens (tertiary/aromatic N) is 3. The van der Waals surface area contributed by atoms with Gasteiger partial charge < -0.3 is 9.47 Å². The number of ether oxygens (including phenoxy) is 2. The molecule has 0 aliphatic rings. The molecule has 1 aromatic rings. The van der Waals surface area contributed by atoms with Crippen molar-refractivity contribution < 1.29 is 14.3 Å². The van der Waals surface area contributed by atoms with Gasteiger partial charge in [-0.05, 0) is 13.8 Å². The van der Waals surface area contributed by atoms with Gasteiger partial charge in [-0.1, -0.05) is 5.21 Å². The average molecular weight is 262 g/mol. The summed E-state index contributed by atoms with van der Waals surface area (Å²) < 4.78 is 11.6. The first kappa shape index (κ1) is 13.9. The second-order valence-corrected chi connectivity index (χ2v) is 3.73. The van der Waals surface area contributed by atoms with Gasteiger partial charge >= 0.3 is 5.97 Å². The quantitative estimate of drug-likeness (QED) is 0.569. The summed E-state index contributed by atoms with van der Waals surface area (Å²) in [5.41, 5.74) is 0.721. The Bertz CT molecular complexity index is 381. The van der Waals surface area contributed by atoms with Gasteiger partial charge in [0.1, 0.15) is 0 Å². The summed E-state index contributed by atoms with van der Waals surface area (Å²) >= 11 is 5.80. The number of halogens is 1. The van der Waals surface area contributed by atoms with Crippen LogP contribution < -0.4 is 0 Å². The van der Waals surface area contributed by atoms with Gasteiger partial charge in [-0.25, -0.2) is 9.48 Å². The van der Waals surface area contributed by atoms with Crippen molar-refractivity contribution >= 4 is 17.6 Å². The van der Waals surface area contributed by atoms with Crippen LogP contribution in [-0.4, -0.2) is 40.8 Å². The number of methoxy groups -OCH3 is 1. The molecule has 1 heterocycles. The molecule has 0 N–H and O–H groups in total. The van der Waals surface area contributed by atoms with Crippen LogP contribution in [0.3, 0.4) is 0 Å². The van der Waals surface area contributed by atoms with E-state index in [1.165, 1.54) is 0 Å². The van der Waals surface area contributed by atoms with Gasteiger partial charge in [-0.3, -0.25) is 0 Å². The lowest BCUT2D eigenvalue weighted by atomic mass is 10.3. The van der Waals surface area contributed by atoms with Crippen molar-refractivity contribution in [2.24, 2.45) is 0 Å². The van der Waals surface area contributed by atoms with Crippen LogP contribution in [-0.2, 0) is 21.9 Å². The molecule has 0 aliphatic heterocycles. The van der Waals surface area contributed by atoms with E-state index < -0.39 is 5.97 Å². The van der Waals surface area contributed by atoms with Crippen molar-refractivity contribution in [1.29, 1.82) is 0 Å². The largest absolute Gasteiger partial charge is 0.461 e. The summed E-state index contributed by atoms with van der Waals surface area (Å²) in [6, 6.07) is 0. The molecule has 1 unspecified atom stereocenters. The highest BCUT2D eigenvalue weighted by Gasteiger charge is 2.20. The maximum Gasteiger partial charge on any atom is 0.360 e. The molecule has 1 aromatic heterocycles. The van der Waals surface area contributed by atoms with E-state index in [-0.39, 0.29) is 17.7 Å². The van der Waals surface area contributed by atoms with E-state index in [9.17, 15) is 4.79 Å². The fraction of sp³-hybridized carbons (Fsp3) is 0.700. The minimum Gasteiger partial charge on any atom is -0.461 e. The zero-order valence-corrected chi connectivity index (χ0v) is 10.9. The molecule has 1 atom stereocenters. The number of alkyl halides is 1. The molecule has 96 valence electrons. The number of carbonyl (C=O) groups excluding carboxylic acids is 1. The fourth-order valence-corrected chi connectivity index (χ4v) is 1.55. The average Bonchev–Trinajstić information content (AvgIpc) is 2.72. The van der Waals surface area contributed by atoms with E-state index in [0.717, 1.165) is 0 Å². The second kappa shape index (κ2) is 6.56. The number of carbonyl (C=O) groups is 1. The van der Waals surface area contributed by atoms with Crippen LogP contribution in [0.1, 0.15) is 30.0 Å². The summed E-state index contributed by atoms with van der Waals surface area (Å²) in [6.07, 6.45) is -0.0336. The lowest BCUT2D eigenvalue weighted by Crippen LogP contribution is -2.18. The Labute approximate surface area is 105 Å². The first-order valence-corrected chi connectivity index (χ1v) is 5.85. The number of rotatable bonds is 6. The van der Waals surface area contributed by atoms with Crippen LogP contribution in [0.4, 0.5) is 0 Å². The van der Waals surface area contributed by atoms with Gasteiger partial charge in [0.2, 0.25) is 0 Å². The molecule has 0 saturated heterocycles. The summed E-state index contributed by atoms with van der Waals surface area (Å²) in [7, 11) is 1.61. The first-order chi connectivity index (χ1) is 8.13. The Morgan fingerprint density at radius 2 is 2.29 bits per heavy atom. The zero-order valence-electron chi connectivity index (χ0n) is 10.1. The number of esters is 1. The minimum atomic E-state index is -0.500. The van der Waals surface area contributed by atoms with Crippen LogP contribution in [0.2, 0.25) is 0 Å². The summed E-state index contributed by atoms with van der Waals surface area (Å²) in [4.78, 5) is 11.6. The zero-order chi connectivity index (χ0) is 12.8. The Kier molecular flexibility index (Phi) is 5.37. The lowest BCUT2D eigenvalue weighted by molar-refractivity contribution is 0.0518. The molecule has 7 heteroatoms. The highest BCUT2D eigenvalue weighted by atomic mass is 35.5. The molecule has 17 heavy (non-hydrogen) atoms. The Balaban J connectivity index is 2.90. The number of aromatic nitrogens is 3. The number of hydrogen-bond acceptors (Lipinski definition) is 5. The number of hydrogen-bond donors (Lipinski definition) is 0. The lowest BCUT2D eigenvalue weighted by Gasteiger charge is -2.10. The highest BCUT2D eigenvalue weighted by molar-refractivity contribution is 6.17. The predicted molar refractivity (Wildman–Crippen MR) is 62.0 cm³/mol. The molecule has 0 aromatic carbocycles. The molecule has 0 fully saturated rings. The third kappa shape index (κ3) is 3.41. The molecule has 0 bridgehead atoms. The van der Waals surface area contributed by atoms with E-state index in [2.05, 4.69) is 10.3 Å². The van der Waals surface area contributed by atoms with Crippen LogP contribution in [0.25, 0.3) is 0 Å². The van der Waals surface area contributed by atoms with Gasteiger partial charge in [0, 0.05) is 7.11 Å². The monoisotopic (exact) mass is 261 g/mol. The van der Waals surface area contributed by atoms with E-state index in [4.69, 9.17) is 21.1 Å². The molecule has 0 spiro atoms. The van der Waals surface area contributed by atoms with Crippen molar-refractivity contribution in [3.8, 4) is 0 Å². The van der Waals surface area contributed by atoms with Crippen molar-refractivity contribution in [1.82, 2.24) is 15.0 Å². The van der Waals surface area contributed by atoms with Crippen molar-refractivity contribution in [3.05, 3.63) is 11.4 Å². The van der Waals surface area contributed by atoms with E-state index in [1.807, 2.05) is 6.92 Å². The van der Waals surface area contributed by atoms with Gasteiger partial charge in [0.25, 0.3) is 0 Å². The summed E-state index contributed by atoms with van der Waals surface area (Å²) in [5, 5.41) is 7.67. The van der Waals surface area contributed by atoms with E-state index in [0.29, 0.717) is 18.8 Å². The first-order valence-electron chi connectivity index (χ1n) is 5.32. The molecule has 0 saturated carbocycles. The standard InChI is InChI=1S/C10H16ClN3O3/c1-4-17-10(15)9-8(5-11)14(13-12-9)6-7(2)16-3/h7H,4-6H2,1-3H3. The van der Waals surface area contributed by atoms with Crippen LogP contribution in [0, 0.1) is 0 Å². The van der Waals surface area contributed by atoms with Crippen molar-refractivity contribution in [3.63, 3.8) is 0 Å². The summed E-state index contributed by atoms with van der Waals surface area (Å²) in [6.45, 7) is 4.41. The molecule has 1 rings (SSSR count). The molecule has 0 amide bonds. The predicted octanol–water partition coefficient (Wildman–Crippen LogP) is 1.23. The van der Waals surface area contributed by atoms with Gasteiger partial charge in [-0.15, -0.1) is 16.7 Å². The normalized spacial score (nSPS) is 12.5. The molecule has 0 radical (unpaired) electrons. The third-order valence-corrected chi connectivity index (χ3v) is 2.52. The van der Waals surface area contributed by atoms with Crippen LogP contribution in [0.15, 0.2) is 0 Å².